The van der Waals surface area contributed by atoms with Gasteiger partial charge in [0.25, 0.3) is 0 Å². The fourth-order valence-electron chi connectivity index (χ4n) is 4.48. The van der Waals surface area contributed by atoms with Gasteiger partial charge >= 0.3 is 0 Å². The zero-order chi connectivity index (χ0) is 21.3. The topological polar surface area (TPSA) is 59.9 Å². The summed E-state index contributed by atoms with van der Waals surface area (Å²) in [6.45, 7) is 7.94. The first-order valence-electron chi connectivity index (χ1n) is 11.6. The van der Waals surface area contributed by atoms with Gasteiger partial charge in [0, 0.05) is 58.7 Å². The Bertz CT molecular complexity index is 823. The molecule has 1 N–H and O–H groups in total. The lowest BCUT2D eigenvalue weighted by Gasteiger charge is -2.36. The van der Waals surface area contributed by atoms with Gasteiger partial charge in [-0.25, -0.2) is 9.97 Å². The molecule has 2 saturated heterocycles. The molecule has 0 spiro atoms. The minimum absolute atomic E-state index is 0.794. The molecule has 0 unspecified atom stereocenters. The first-order valence-corrected chi connectivity index (χ1v) is 11.6. The van der Waals surface area contributed by atoms with Gasteiger partial charge in [-0.05, 0) is 43.1 Å². The highest BCUT2D eigenvalue weighted by molar-refractivity contribution is 5.80. The Morgan fingerprint density at radius 2 is 1.61 bits per heavy atom. The van der Waals surface area contributed by atoms with Crippen molar-refractivity contribution in [3.63, 3.8) is 0 Å². The van der Waals surface area contributed by atoms with Gasteiger partial charge in [0.05, 0.1) is 0 Å². The van der Waals surface area contributed by atoms with E-state index in [1.165, 1.54) is 49.9 Å². The van der Waals surface area contributed by atoms with Crippen LogP contribution in [0.5, 0.6) is 0 Å². The monoisotopic (exact) mass is 421 g/mol. The number of anilines is 1. The van der Waals surface area contributed by atoms with Crippen LogP contribution in [0.1, 0.15) is 36.8 Å². The van der Waals surface area contributed by atoms with E-state index in [-0.39, 0.29) is 0 Å². The highest BCUT2D eigenvalue weighted by Crippen LogP contribution is 2.15. The van der Waals surface area contributed by atoms with Gasteiger partial charge in [-0.2, -0.15) is 0 Å². The standard InChI is InChI=1S/C24H35N7/c1-25-23(30-14-16-31(17-15-30)24-26-10-7-11-27-24)28-19-21-8-6-9-22(18-21)20-29-12-4-2-3-5-13-29/h6-11,18H,2-5,12-17,19-20H2,1H3,(H,25,28). The number of rotatable bonds is 5. The molecule has 7 heteroatoms. The molecule has 0 saturated carbocycles. The van der Waals surface area contributed by atoms with Crippen LogP contribution >= 0.6 is 0 Å². The molecule has 0 aliphatic carbocycles. The van der Waals surface area contributed by atoms with E-state index in [1.54, 1.807) is 12.4 Å². The zero-order valence-corrected chi connectivity index (χ0v) is 18.7. The summed E-state index contributed by atoms with van der Waals surface area (Å²) in [6.07, 6.45) is 9.03. The number of aromatic nitrogens is 2. The molecule has 7 nitrogen and oxygen atoms in total. The van der Waals surface area contributed by atoms with Gasteiger partial charge < -0.3 is 15.1 Å². The molecule has 166 valence electrons. The number of aliphatic imine (C=N–C) groups is 1. The maximum atomic E-state index is 4.52. The van der Waals surface area contributed by atoms with Crippen molar-refractivity contribution in [3.8, 4) is 0 Å². The summed E-state index contributed by atoms with van der Waals surface area (Å²) in [5.74, 6) is 1.78. The number of hydrogen-bond acceptors (Lipinski definition) is 5. The Hall–Kier alpha value is -2.67. The highest BCUT2D eigenvalue weighted by Gasteiger charge is 2.21. The van der Waals surface area contributed by atoms with E-state index in [0.717, 1.165) is 51.2 Å². The van der Waals surface area contributed by atoms with Gasteiger partial charge in [-0.15, -0.1) is 0 Å². The van der Waals surface area contributed by atoms with E-state index in [9.17, 15) is 0 Å². The van der Waals surface area contributed by atoms with Crippen LogP contribution in [-0.4, -0.2) is 72.0 Å². The molecule has 1 aromatic carbocycles. The van der Waals surface area contributed by atoms with Crippen LogP contribution in [0.2, 0.25) is 0 Å². The van der Waals surface area contributed by atoms with E-state index in [2.05, 4.69) is 59.2 Å². The summed E-state index contributed by atoms with van der Waals surface area (Å²) in [5, 5.41) is 3.56. The molecule has 0 bridgehead atoms. The number of likely N-dealkylation sites (tertiary alicyclic amines) is 1. The van der Waals surface area contributed by atoms with Crippen LogP contribution in [0.3, 0.4) is 0 Å². The van der Waals surface area contributed by atoms with Crippen LogP contribution in [0.15, 0.2) is 47.7 Å². The van der Waals surface area contributed by atoms with Gasteiger partial charge in [-0.3, -0.25) is 9.89 Å². The second kappa shape index (κ2) is 11.1. The van der Waals surface area contributed by atoms with Crippen molar-refractivity contribution in [1.29, 1.82) is 0 Å². The molecule has 0 amide bonds. The minimum Gasteiger partial charge on any atom is -0.352 e. The Labute approximate surface area is 186 Å². The van der Waals surface area contributed by atoms with Crippen LogP contribution in [0.4, 0.5) is 5.95 Å². The number of benzene rings is 1. The third kappa shape index (κ3) is 6.17. The van der Waals surface area contributed by atoms with Crippen molar-refractivity contribution < 1.29 is 0 Å². The zero-order valence-electron chi connectivity index (χ0n) is 18.7. The fraction of sp³-hybridized carbons (Fsp3) is 0.542. The summed E-state index contributed by atoms with van der Waals surface area (Å²) < 4.78 is 0. The van der Waals surface area contributed by atoms with E-state index >= 15 is 0 Å². The Kier molecular flexibility index (Phi) is 7.71. The van der Waals surface area contributed by atoms with Gasteiger partial charge in [0.15, 0.2) is 5.96 Å². The Morgan fingerprint density at radius 3 is 2.32 bits per heavy atom. The third-order valence-corrected chi connectivity index (χ3v) is 6.17. The molecular formula is C24H35N7. The lowest BCUT2D eigenvalue weighted by Crippen LogP contribution is -2.52. The summed E-state index contributed by atoms with van der Waals surface area (Å²) in [4.78, 5) is 20.4. The van der Waals surface area contributed by atoms with Gasteiger partial charge in [0.1, 0.15) is 0 Å². The SMILES string of the molecule is CN=C(NCc1cccc(CN2CCCCCC2)c1)N1CCN(c2ncccn2)CC1. The molecule has 2 aliphatic heterocycles. The van der Waals surface area contributed by atoms with E-state index in [4.69, 9.17) is 0 Å². The number of piperazine rings is 1. The average molecular weight is 422 g/mol. The van der Waals surface area contributed by atoms with Gasteiger partial charge in [-0.1, -0.05) is 37.1 Å². The molecule has 2 aromatic rings. The van der Waals surface area contributed by atoms with Crippen molar-refractivity contribution in [3.05, 3.63) is 53.9 Å². The average Bonchev–Trinajstić information content (AvgIpc) is 3.09. The number of hydrogen-bond donors (Lipinski definition) is 1. The lowest BCUT2D eigenvalue weighted by molar-refractivity contribution is 0.277. The predicted octanol–water partition coefficient (Wildman–Crippen LogP) is 2.75. The molecule has 0 atom stereocenters. The maximum absolute atomic E-state index is 4.52. The molecule has 2 fully saturated rings. The van der Waals surface area contributed by atoms with Crippen LogP contribution in [0, 0.1) is 0 Å². The summed E-state index contributed by atoms with van der Waals surface area (Å²) in [6, 6.07) is 10.8. The molecule has 2 aliphatic rings. The van der Waals surface area contributed by atoms with Gasteiger partial charge in [0.2, 0.25) is 5.95 Å². The van der Waals surface area contributed by atoms with E-state index in [1.807, 2.05) is 13.1 Å². The molecule has 1 aromatic heterocycles. The van der Waals surface area contributed by atoms with Crippen molar-refractivity contribution in [2.45, 2.75) is 38.8 Å². The molecule has 3 heterocycles. The van der Waals surface area contributed by atoms with Crippen LogP contribution in [0.25, 0.3) is 0 Å². The lowest BCUT2D eigenvalue weighted by atomic mass is 10.1. The third-order valence-electron chi connectivity index (χ3n) is 6.17. The number of nitrogens with one attached hydrogen (secondary N) is 1. The maximum Gasteiger partial charge on any atom is 0.225 e. The second-order valence-corrected chi connectivity index (χ2v) is 8.43. The number of nitrogens with zero attached hydrogens (tertiary/aromatic N) is 6. The summed E-state index contributed by atoms with van der Waals surface area (Å²) in [7, 11) is 1.87. The largest absolute Gasteiger partial charge is 0.352 e. The van der Waals surface area contributed by atoms with Crippen LogP contribution in [-0.2, 0) is 13.1 Å². The smallest absolute Gasteiger partial charge is 0.225 e. The number of guanidine groups is 1. The molecule has 4 rings (SSSR count). The molecular weight excluding hydrogens is 386 g/mol. The van der Waals surface area contributed by atoms with E-state index < -0.39 is 0 Å². The van der Waals surface area contributed by atoms with Crippen LogP contribution < -0.4 is 10.2 Å². The van der Waals surface area contributed by atoms with Crippen molar-refractivity contribution in [2.75, 3.05) is 51.2 Å². The normalized spacial score (nSPS) is 18.7. The quantitative estimate of drug-likeness (QED) is 0.592. The predicted molar refractivity (Wildman–Crippen MR) is 126 cm³/mol. The Morgan fingerprint density at radius 1 is 0.903 bits per heavy atom. The van der Waals surface area contributed by atoms with Crippen molar-refractivity contribution >= 4 is 11.9 Å². The first-order chi connectivity index (χ1) is 15.3. The molecule has 0 radical (unpaired) electrons. The van der Waals surface area contributed by atoms with Crippen molar-refractivity contribution in [1.82, 2.24) is 25.1 Å². The summed E-state index contributed by atoms with van der Waals surface area (Å²) in [5.41, 5.74) is 2.72. The first kappa shape index (κ1) is 21.6. The van der Waals surface area contributed by atoms with E-state index in [0.29, 0.717) is 0 Å². The minimum atomic E-state index is 0.794. The molecule has 31 heavy (non-hydrogen) atoms. The van der Waals surface area contributed by atoms with Crippen molar-refractivity contribution in [2.24, 2.45) is 4.99 Å². The summed E-state index contributed by atoms with van der Waals surface area (Å²) >= 11 is 0. The fourth-order valence-corrected chi connectivity index (χ4v) is 4.48. The highest BCUT2D eigenvalue weighted by atomic mass is 15.4. The Balaban J connectivity index is 1.28. The second-order valence-electron chi connectivity index (χ2n) is 8.43.